The predicted octanol–water partition coefficient (Wildman–Crippen LogP) is 2.97. The Kier molecular flexibility index (Phi) is 6.67. The molecule has 0 radical (unpaired) electrons. The molecular formula is C25H29N3O3. The van der Waals surface area contributed by atoms with E-state index in [0.29, 0.717) is 18.7 Å². The Morgan fingerprint density at radius 1 is 1.06 bits per heavy atom. The first-order valence-electron chi connectivity index (χ1n) is 10.9. The maximum Gasteiger partial charge on any atom is 0.265 e. The second-order valence-corrected chi connectivity index (χ2v) is 8.05. The molecule has 162 valence electrons. The number of anilines is 1. The van der Waals surface area contributed by atoms with Crippen molar-refractivity contribution in [1.29, 1.82) is 0 Å². The molecule has 2 aliphatic rings. The maximum atomic E-state index is 12.8. The fraction of sp³-hybridized carbons (Fsp3) is 0.360. The number of carbonyl (C=O) groups is 2. The Bertz CT molecular complexity index is 950. The Balaban J connectivity index is 1.25. The van der Waals surface area contributed by atoms with Gasteiger partial charge in [-0.05, 0) is 30.2 Å². The summed E-state index contributed by atoms with van der Waals surface area (Å²) >= 11 is 0. The Morgan fingerprint density at radius 2 is 1.84 bits per heavy atom. The fourth-order valence-corrected chi connectivity index (χ4v) is 4.00. The SMILES string of the molecule is Cc1ccc2c(c1)N(CCC(=O)N1CCN(C/C=C/c3ccccc3)CC1)C(=O)CO2. The van der Waals surface area contributed by atoms with Gasteiger partial charge in [0.05, 0.1) is 5.69 Å². The number of fused-ring (bicyclic) bond motifs is 1. The van der Waals surface area contributed by atoms with Gasteiger partial charge in [-0.1, -0.05) is 48.6 Å². The van der Waals surface area contributed by atoms with Gasteiger partial charge < -0.3 is 14.5 Å². The molecule has 2 aliphatic heterocycles. The maximum absolute atomic E-state index is 12.8. The highest BCUT2D eigenvalue weighted by Crippen LogP contribution is 2.32. The normalized spacial score (nSPS) is 17.0. The minimum absolute atomic E-state index is 0.0272. The van der Waals surface area contributed by atoms with Gasteiger partial charge in [0.1, 0.15) is 5.75 Å². The predicted molar refractivity (Wildman–Crippen MR) is 122 cm³/mol. The van der Waals surface area contributed by atoms with E-state index in [-0.39, 0.29) is 18.4 Å². The van der Waals surface area contributed by atoms with E-state index < -0.39 is 0 Å². The molecule has 0 bridgehead atoms. The molecule has 6 heteroatoms. The number of piperazine rings is 1. The van der Waals surface area contributed by atoms with Crippen molar-refractivity contribution in [2.24, 2.45) is 0 Å². The van der Waals surface area contributed by atoms with Crippen molar-refractivity contribution in [3.63, 3.8) is 0 Å². The summed E-state index contributed by atoms with van der Waals surface area (Å²) in [6, 6.07) is 16.1. The van der Waals surface area contributed by atoms with Crippen molar-refractivity contribution in [2.45, 2.75) is 13.3 Å². The number of rotatable bonds is 6. The largest absolute Gasteiger partial charge is 0.482 e. The molecule has 0 saturated carbocycles. The molecule has 0 aliphatic carbocycles. The quantitative estimate of drug-likeness (QED) is 0.722. The molecule has 6 nitrogen and oxygen atoms in total. The standard InChI is InChI=1S/C25H29N3O3/c1-20-9-10-23-22(18-20)28(25(30)19-31-23)13-11-24(29)27-16-14-26(15-17-27)12-5-8-21-6-3-2-4-7-21/h2-10,18H,11-17,19H2,1H3/b8-5+. The molecule has 31 heavy (non-hydrogen) atoms. The number of nitrogens with zero attached hydrogens (tertiary/aromatic N) is 3. The number of benzene rings is 2. The first-order valence-corrected chi connectivity index (χ1v) is 10.9. The molecule has 1 fully saturated rings. The van der Waals surface area contributed by atoms with Gasteiger partial charge in [-0.25, -0.2) is 0 Å². The molecule has 0 unspecified atom stereocenters. The third kappa shape index (κ3) is 5.33. The van der Waals surface area contributed by atoms with Crippen LogP contribution in [0.25, 0.3) is 6.08 Å². The number of ether oxygens (including phenoxy) is 1. The Hall–Kier alpha value is -3.12. The zero-order valence-corrected chi connectivity index (χ0v) is 18.0. The highest BCUT2D eigenvalue weighted by molar-refractivity contribution is 5.98. The average molecular weight is 420 g/mol. The summed E-state index contributed by atoms with van der Waals surface area (Å²) in [6.07, 6.45) is 4.64. The summed E-state index contributed by atoms with van der Waals surface area (Å²) in [6.45, 7) is 6.46. The van der Waals surface area contributed by atoms with E-state index in [1.165, 1.54) is 5.56 Å². The van der Waals surface area contributed by atoms with Gasteiger partial charge in [-0.15, -0.1) is 0 Å². The summed E-state index contributed by atoms with van der Waals surface area (Å²) in [5, 5.41) is 0. The minimum atomic E-state index is -0.0964. The van der Waals surface area contributed by atoms with Gasteiger partial charge >= 0.3 is 0 Å². The van der Waals surface area contributed by atoms with E-state index in [9.17, 15) is 9.59 Å². The van der Waals surface area contributed by atoms with Crippen molar-refractivity contribution >= 4 is 23.6 Å². The molecule has 2 aromatic carbocycles. The lowest BCUT2D eigenvalue weighted by atomic mass is 10.1. The number of aryl methyl sites for hydroxylation is 1. The Morgan fingerprint density at radius 3 is 2.61 bits per heavy atom. The second-order valence-electron chi connectivity index (χ2n) is 8.05. The molecule has 0 atom stereocenters. The summed E-state index contributed by atoms with van der Waals surface area (Å²) in [4.78, 5) is 31.1. The van der Waals surface area contributed by atoms with Crippen molar-refractivity contribution < 1.29 is 14.3 Å². The van der Waals surface area contributed by atoms with Crippen molar-refractivity contribution in [1.82, 2.24) is 9.80 Å². The van der Waals surface area contributed by atoms with Gasteiger partial charge in [0.2, 0.25) is 5.91 Å². The summed E-state index contributed by atoms with van der Waals surface area (Å²) in [5.41, 5.74) is 3.02. The molecule has 0 aromatic heterocycles. The first kappa shape index (κ1) is 21.1. The van der Waals surface area contributed by atoms with Gasteiger partial charge in [0, 0.05) is 45.7 Å². The molecule has 0 N–H and O–H groups in total. The zero-order valence-electron chi connectivity index (χ0n) is 18.0. The van der Waals surface area contributed by atoms with E-state index in [2.05, 4.69) is 29.2 Å². The van der Waals surface area contributed by atoms with Gasteiger partial charge in [-0.2, -0.15) is 0 Å². The van der Waals surface area contributed by atoms with Crippen LogP contribution in [0.2, 0.25) is 0 Å². The van der Waals surface area contributed by atoms with E-state index in [4.69, 9.17) is 4.74 Å². The van der Waals surface area contributed by atoms with Crippen LogP contribution in [0.4, 0.5) is 5.69 Å². The average Bonchev–Trinajstić information content (AvgIpc) is 2.79. The van der Waals surface area contributed by atoms with Crippen LogP contribution in [-0.2, 0) is 9.59 Å². The third-order valence-corrected chi connectivity index (χ3v) is 5.81. The second kappa shape index (κ2) is 9.79. The van der Waals surface area contributed by atoms with Crippen LogP contribution >= 0.6 is 0 Å². The van der Waals surface area contributed by atoms with Crippen LogP contribution in [0.1, 0.15) is 17.5 Å². The molecule has 0 spiro atoms. The number of carbonyl (C=O) groups excluding carboxylic acids is 2. The highest BCUT2D eigenvalue weighted by Gasteiger charge is 2.27. The number of hydrogen-bond donors (Lipinski definition) is 0. The van der Waals surface area contributed by atoms with Crippen LogP contribution in [0.15, 0.2) is 54.6 Å². The van der Waals surface area contributed by atoms with Crippen LogP contribution in [0.5, 0.6) is 5.75 Å². The van der Waals surface area contributed by atoms with Gasteiger partial charge in [-0.3, -0.25) is 14.5 Å². The molecule has 4 rings (SSSR count). The van der Waals surface area contributed by atoms with Gasteiger partial charge in [0.15, 0.2) is 6.61 Å². The Labute approximate surface area is 183 Å². The number of amides is 2. The van der Waals surface area contributed by atoms with Crippen LogP contribution in [-0.4, -0.2) is 67.5 Å². The van der Waals surface area contributed by atoms with E-state index in [1.54, 1.807) is 4.90 Å². The van der Waals surface area contributed by atoms with Crippen LogP contribution in [0, 0.1) is 6.92 Å². The highest BCUT2D eigenvalue weighted by atomic mass is 16.5. The lowest BCUT2D eigenvalue weighted by molar-refractivity contribution is -0.132. The molecule has 2 aromatic rings. The van der Waals surface area contributed by atoms with Gasteiger partial charge in [0.25, 0.3) is 5.91 Å². The number of hydrogen-bond acceptors (Lipinski definition) is 4. The van der Waals surface area contributed by atoms with E-state index >= 15 is 0 Å². The van der Waals surface area contributed by atoms with Crippen LogP contribution in [0.3, 0.4) is 0 Å². The summed E-state index contributed by atoms with van der Waals surface area (Å²) in [7, 11) is 0. The van der Waals surface area contributed by atoms with Crippen molar-refractivity contribution in [3.8, 4) is 5.75 Å². The van der Waals surface area contributed by atoms with Crippen LogP contribution < -0.4 is 9.64 Å². The molecule has 2 heterocycles. The zero-order chi connectivity index (χ0) is 21.6. The smallest absolute Gasteiger partial charge is 0.265 e. The third-order valence-electron chi connectivity index (χ3n) is 5.81. The topological polar surface area (TPSA) is 53.1 Å². The molecule has 2 amide bonds. The molecule has 1 saturated heterocycles. The molecular weight excluding hydrogens is 390 g/mol. The van der Waals surface area contributed by atoms with E-state index in [1.807, 2.05) is 48.2 Å². The lowest BCUT2D eigenvalue weighted by Crippen LogP contribution is -2.49. The summed E-state index contributed by atoms with van der Waals surface area (Å²) < 4.78 is 5.52. The van der Waals surface area contributed by atoms with E-state index in [0.717, 1.165) is 44.0 Å². The fourth-order valence-electron chi connectivity index (χ4n) is 4.00. The van der Waals surface area contributed by atoms with Crippen molar-refractivity contribution in [2.75, 3.05) is 50.8 Å². The monoisotopic (exact) mass is 419 g/mol. The summed E-state index contributed by atoms with van der Waals surface area (Å²) in [5.74, 6) is 0.712. The minimum Gasteiger partial charge on any atom is -0.482 e. The first-order chi connectivity index (χ1) is 15.1. The van der Waals surface area contributed by atoms with Crippen molar-refractivity contribution in [3.05, 3.63) is 65.7 Å². The lowest BCUT2D eigenvalue weighted by Gasteiger charge is -2.35.